The first kappa shape index (κ1) is 26.7. The van der Waals surface area contributed by atoms with E-state index in [-0.39, 0.29) is 35.1 Å². The van der Waals surface area contributed by atoms with Gasteiger partial charge in [-0.1, -0.05) is 0 Å². The lowest BCUT2D eigenvalue weighted by Gasteiger charge is -2.57. The Labute approximate surface area is 238 Å². The number of pyridine rings is 1. The molecular weight excluding hydrogens is 527 g/mol. The number of rotatable bonds is 6. The number of hydrogen-bond donors (Lipinski definition) is 1. The van der Waals surface area contributed by atoms with Crippen molar-refractivity contribution in [3.63, 3.8) is 0 Å². The molecule has 40 heavy (non-hydrogen) atoms. The molecule has 0 unspecified atom stereocenters. The van der Waals surface area contributed by atoms with Crippen LogP contribution in [-0.4, -0.2) is 37.6 Å². The van der Waals surface area contributed by atoms with Crippen LogP contribution in [0.1, 0.15) is 102 Å². The molecule has 5 aliphatic carbocycles. The van der Waals surface area contributed by atoms with E-state index >= 15 is 0 Å². The van der Waals surface area contributed by atoms with Gasteiger partial charge >= 0.3 is 5.69 Å². The van der Waals surface area contributed by atoms with Crippen molar-refractivity contribution in [1.29, 1.82) is 0 Å². The second kappa shape index (κ2) is 10.6. The smallest absolute Gasteiger partial charge is 0.333 e. The second-order valence-corrected chi connectivity index (χ2v) is 14.9. The molecule has 2 aromatic rings. The minimum absolute atomic E-state index is 0.0364. The van der Waals surface area contributed by atoms with E-state index in [0.717, 1.165) is 67.6 Å². The van der Waals surface area contributed by atoms with Crippen LogP contribution in [-0.2, 0) is 4.79 Å². The maximum Gasteiger partial charge on any atom is 0.333 e. The van der Waals surface area contributed by atoms with Crippen LogP contribution in [0.25, 0.3) is 11.0 Å². The lowest BCUT2D eigenvalue weighted by Crippen LogP contribution is -2.47. The molecule has 8 rings (SSSR count). The lowest BCUT2D eigenvalue weighted by atomic mass is 9.48. The highest BCUT2D eigenvalue weighted by molar-refractivity contribution is 7.99. The molecule has 1 amide bonds. The molecule has 0 spiro atoms. The first-order chi connectivity index (χ1) is 19.4. The second-order valence-electron chi connectivity index (χ2n) is 13.7. The normalized spacial score (nSPS) is 33.9. The van der Waals surface area contributed by atoms with Crippen LogP contribution in [0.2, 0.25) is 0 Å². The first-order valence-electron chi connectivity index (χ1n) is 15.6. The Bertz CT molecular complexity index is 1370. The summed E-state index contributed by atoms with van der Waals surface area (Å²) in [5.41, 5.74) is -0.0655. The number of aromatic nitrogens is 3. The quantitative estimate of drug-likeness (QED) is 0.507. The predicted molar refractivity (Wildman–Crippen MR) is 155 cm³/mol. The molecule has 5 saturated carbocycles. The van der Waals surface area contributed by atoms with Crippen LogP contribution >= 0.6 is 11.8 Å². The minimum atomic E-state index is -0.569. The summed E-state index contributed by atoms with van der Waals surface area (Å²) in [5.74, 6) is 4.19. The molecule has 6 aliphatic rings. The Morgan fingerprint density at radius 3 is 2.23 bits per heavy atom. The summed E-state index contributed by atoms with van der Waals surface area (Å²) in [6.07, 6.45) is 15.4. The monoisotopic (exact) mass is 568 g/mol. The highest BCUT2D eigenvalue weighted by Crippen LogP contribution is 2.61. The van der Waals surface area contributed by atoms with E-state index in [4.69, 9.17) is 0 Å². The fraction of sp³-hybridized carbons (Fsp3) is 0.742. The minimum Gasteiger partial charge on any atom is -0.353 e. The number of halogens is 1. The van der Waals surface area contributed by atoms with Crippen molar-refractivity contribution >= 4 is 28.7 Å². The molecule has 1 N–H and O–H groups in total. The third-order valence-electron chi connectivity index (χ3n) is 11.0. The van der Waals surface area contributed by atoms with Crippen LogP contribution in [0.15, 0.2) is 21.9 Å². The highest BCUT2D eigenvalue weighted by Gasteiger charge is 2.50. The molecule has 7 nitrogen and oxygen atoms in total. The van der Waals surface area contributed by atoms with Gasteiger partial charge in [-0.2, -0.15) is 11.8 Å². The van der Waals surface area contributed by atoms with Gasteiger partial charge in [-0.05, 0) is 124 Å². The number of fused-ring (bicyclic) bond motifs is 1. The summed E-state index contributed by atoms with van der Waals surface area (Å²) >= 11 is 1.87. The molecule has 6 fully saturated rings. The third kappa shape index (κ3) is 4.94. The summed E-state index contributed by atoms with van der Waals surface area (Å²) in [7, 11) is 0. The summed E-state index contributed by atoms with van der Waals surface area (Å²) in [6, 6.07) is 1.01. The fourth-order valence-electron chi connectivity index (χ4n) is 9.55. The average Bonchev–Trinajstić information content (AvgIpc) is 2.93. The molecule has 0 radical (unpaired) electrons. The number of carbonyl (C=O) groups is 1. The Morgan fingerprint density at radius 1 is 0.950 bits per heavy atom. The van der Waals surface area contributed by atoms with Crippen LogP contribution in [0.3, 0.4) is 0 Å². The number of nitrogens with one attached hydrogen (secondary N) is 1. The van der Waals surface area contributed by atoms with E-state index in [2.05, 4.69) is 10.3 Å². The zero-order valence-electron chi connectivity index (χ0n) is 23.3. The van der Waals surface area contributed by atoms with E-state index in [9.17, 15) is 18.8 Å². The average molecular weight is 569 g/mol. The van der Waals surface area contributed by atoms with Gasteiger partial charge in [0.15, 0.2) is 0 Å². The summed E-state index contributed by atoms with van der Waals surface area (Å²) in [5, 5.41) is 3.46. The Morgan fingerprint density at radius 2 is 1.57 bits per heavy atom. The Kier molecular flexibility index (Phi) is 7.08. The van der Waals surface area contributed by atoms with Gasteiger partial charge in [0.25, 0.3) is 5.56 Å². The maximum atomic E-state index is 14.2. The largest absolute Gasteiger partial charge is 0.353 e. The zero-order valence-corrected chi connectivity index (χ0v) is 24.1. The molecule has 4 bridgehead atoms. The highest BCUT2D eigenvalue weighted by atomic mass is 32.2. The topological polar surface area (TPSA) is 86.0 Å². The van der Waals surface area contributed by atoms with Gasteiger partial charge in [0.05, 0.1) is 11.6 Å². The lowest BCUT2D eigenvalue weighted by molar-refractivity contribution is -0.124. The van der Waals surface area contributed by atoms with Gasteiger partial charge in [0.1, 0.15) is 11.5 Å². The molecule has 216 valence electrons. The van der Waals surface area contributed by atoms with Crippen molar-refractivity contribution in [3.8, 4) is 0 Å². The van der Waals surface area contributed by atoms with Crippen molar-refractivity contribution in [3.05, 3.63) is 38.9 Å². The van der Waals surface area contributed by atoms with Crippen LogP contribution in [0.4, 0.5) is 4.39 Å². The fourth-order valence-corrected chi connectivity index (χ4v) is 10.6. The van der Waals surface area contributed by atoms with E-state index in [1.807, 2.05) is 11.8 Å². The van der Waals surface area contributed by atoms with Gasteiger partial charge in [-0.15, -0.1) is 0 Å². The number of hydrogen-bond acceptors (Lipinski definition) is 5. The van der Waals surface area contributed by atoms with Gasteiger partial charge < -0.3 is 5.32 Å². The molecule has 2 aromatic heterocycles. The van der Waals surface area contributed by atoms with Crippen molar-refractivity contribution < 1.29 is 9.18 Å². The number of thioether (sulfide) groups is 1. The third-order valence-corrected chi connectivity index (χ3v) is 12.0. The number of nitrogens with zero attached hydrogens (tertiary/aromatic N) is 3. The standard InChI is InChI=1S/C31H41FN4O3S/c32-22-14-26-28(33-18-22)35(25-6-9-40-10-7-25)30(39)36(29(26)38)24-3-1-23(2-4-24)34-27(37)5-8-31-15-19-11-20(16-31)13-21(12-19)17-31/h14,18-21,23-25H,1-13,15-17H2,(H,34,37). The van der Waals surface area contributed by atoms with Crippen molar-refractivity contribution in [2.45, 2.75) is 108 Å². The van der Waals surface area contributed by atoms with Gasteiger partial charge in [0.2, 0.25) is 5.91 Å². The van der Waals surface area contributed by atoms with Crippen LogP contribution in [0, 0.1) is 29.0 Å². The zero-order chi connectivity index (χ0) is 27.4. The predicted octanol–water partition coefficient (Wildman–Crippen LogP) is 5.36. The molecule has 0 atom stereocenters. The van der Waals surface area contributed by atoms with Gasteiger partial charge in [0, 0.05) is 24.5 Å². The van der Waals surface area contributed by atoms with Crippen LogP contribution < -0.4 is 16.6 Å². The van der Waals surface area contributed by atoms with Gasteiger partial charge in [-0.25, -0.2) is 14.2 Å². The maximum absolute atomic E-state index is 14.2. The van der Waals surface area contributed by atoms with Crippen molar-refractivity contribution in [2.24, 2.45) is 23.2 Å². The Hall–Kier alpha value is -2.16. The van der Waals surface area contributed by atoms with E-state index in [1.165, 1.54) is 49.2 Å². The molecule has 1 saturated heterocycles. The molecule has 1 aliphatic heterocycles. The van der Waals surface area contributed by atoms with Crippen molar-refractivity contribution in [1.82, 2.24) is 19.4 Å². The summed E-state index contributed by atoms with van der Waals surface area (Å²) in [6.45, 7) is 0. The SMILES string of the molecule is O=C(CCC12CC3CC(CC(C3)C1)C2)NC1CCC(n2c(=O)c3cc(F)cnc3n(C3CCSCC3)c2=O)CC1. The summed E-state index contributed by atoms with van der Waals surface area (Å²) < 4.78 is 17.2. The molecule has 0 aromatic carbocycles. The summed E-state index contributed by atoms with van der Waals surface area (Å²) in [4.78, 5) is 44.5. The van der Waals surface area contributed by atoms with E-state index in [1.54, 1.807) is 4.57 Å². The molecular formula is C31H41FN4O3S. The van der Waals surface area contributed by atoms with Crippen molar-refractivity contribution in [2.75, 3.05) is 11.5 Å². The van der Waals surface area contributed by atoms with Gasteiger partial charge in [-0.3, -0.25) is 18.7 Å². The van der Waals surface area contributed by atoms with E-state index < -0.39 is 11.4 Å². The molecule has 3 heterocycles. The number of amides is 1. The van der Waals surface area contributed by atoms with Crippen LogP contribution in [0.5, 0.6) is 0 Å². The first-order valence-corrected chi connectivity index (χ1v) is 16.7. The number of carbonyl (C=O) groups excluding carboxylic acids is 1. The van der Waals surface area contributed by atoms with E-state index in [0.29, 0.717) is 30.3 Å². The Balaban J connectivity index is 1.03. The molecule has 9 heteroatoms.